The van der Waals surface area contributed by atoms with Crippen LogP contribution in [0, 0.1) is 29.5 Å². The Hall–Kier alpha value is -0.900. The monoisotopic (exact) mass is 351 g/mol. The molecule has 4 bridgehead atoms. The van der Waals surface area contributed by atoms with Gasteiger partial charge >= 0.3 is 0 Å². The van der Waals surface area contributed by atoms with Crippen LogP contribution in [0.1, 0.15) is 42.5 Å². The van der Waals surface area contributed by atoms with Crippen LogP contribution in [0.5, 0.6) is 0 Å². The van der Waals surface area contributed by atoms with Gasteiger partial charge in [0.15, 0.2) is 0 Å². The van der Waals surface area contributed by atoms with E-state index in [-0.39, 0.29) is 11.7 Å². The maximum absolute atomic E-state index is 13.1. The van der Waals surface area contributed by atoms with Crippen LogP contribution in [0.25, 0.3) is 0 Å². The van der Waals surface area contributed by atoms with Gasteiger partial charge in [-0.2, -0.15) is 0 Å². The van der Waals surface area contributed by atoms with E-state index < -0.39 is 0 Å². The summed E-state index contributed by atoms with van der Waals surface area (Å²) in [5, 5.41) is 3.25. The normalized spacial score (nSPS) is 36.8. The van der Waals surface area contributed by atoms with Crippen molar-refractivity contribution in [1.82, 2.24) is 5.32 Å². The maximum Gasteiger partial charge on any atom is 0.252 e. The van der Waals surface area contributed by atoms with Crippen LogP contribution < -0.4 is 5.32 Å². The molecule has 0 atom stereocenters. The van der Waals surface area contributed by atoms with Gasteiger partial charge in [-0.05, 0) is 89.9 Å². The van der Waals surface area contributed by atoms with Gasteiger partial charge in [0, 0.05) is 10.5 Å². The van der Waals surface area contributed by atoms with Crippen molar-refractivity contribution >= 4 is 21.8 Å². The Labute approximate surface area is 132 Å². The highest BCUT2D eigenvalue weighted by Crippen LogP contribution is 2.53. The SMILES string of the molecule is O=C(NC1C2CC3CC(C2)CC1C3)c1ccc(F)cc1Br. The molecule has 0 radical (unpaired) electrons. The van der Waals surface area contributed by atoms with E-state index in [1.807, 2.05) is 0 Å². The van der Waals surface area contributed by atoms with Gasteiger partial charge in [0.25, 0.3) is 5.91 Å². The molecule has 1 N–H and O–H groups in total. The highest BCUT2D eigenvalue weighted by molar-refractivity contribution is 9.10. The lowest BCUT2D eigenvalue weighted by atomic mass is 9.54. The molecule has 0 spiro atoms. The van der Waals surface area contributed by atoms with E-state index in [0.29, 0.717) is 27.9 Å². The molecule has 1 aromatic carbocycles. The van der Waals surface area contributed by atoms with Gasteiger partial charge in [-0.15, -0.1) is 0 Å². The fourth-order valence-corrected chi connectivity index (χ4v) is 5.59. The number of hydrogen-bond donors (Lipinski definition) is 1. The lowest BCUT2D eigenvalue weighted by Crippen LogP contribution is -2.55. The third-order valence-corrected chi connectivity index (χ3v) is 6.36. The molecule has 2 nitrogen and oxygen atoms in total. The molecule has 4 fully saturated rings. The molecule has 0 aliphatic heterocycles. The molecular weight excluding hydrogens is 333 g/mol. The van der Waals surface area contributed by atoms with Crippen molar-refractivity contribution in [2.75, 3.05) is 0 Å². The first-order valence-corrected chi connectivity index (χ1v) is 8.65. The molecule has 0 heterocycles. The second-order valence-corrected chi connectivity index (χ2v) is 7.91. The molecular formula is C17H19BrFNO. The summed E-state index contributed by atoms with van der Waals surface area (Å²) in [5.74, 6) is 2.72. The minimum atomic E-state index is -0.326. The lowest BCUT2D eigenvalue weighted by Gasteiger charge is -2.54. The van der Waals surface area contributed by atoms with Crippen molar-refractivity contribution in [2.45, 2.75) is 38.1 Å². The summed E-state index contributed by atoms with van der Waals surface area (Å²) >= 11 is 3.29. The Morgan fingerprint density at radius 3 is 2.29 bits per heavy atom. The minimum Gasteiger partial charge on any atom is -0.349 e. The zero-order chi connectivity index (χ0) is 14.6. The van der Waals surface area contributed by atoms with Gasteiger partial charge in [-0.3, -0.25) is 4.79 Å². The average molecular weight is 352 g/mol. The Morgan fingerprint density at radius 2 is 1.71 bits per heavy atom. The second-order valence-electron chi connectivity index (χ2n) is 7.05. The second kappa shape index (κ2) is 5.08. The topological polar surface area (TPSA) is 29.1 Å². The van der Waals surface area contributed by atoms with Crippen molar-refractivity contribution in [3.05, 3.63) is 34.1 Å². The molecule has 21 heavy (non-hydrogen) atoms. The molecule has 0 saturated heterocycles. The van der Waals surface area contributed by atoms with Crippen LogP contribution in [-0.4, -0.2) is 11.9 Å². The van der Waals surface area contributed by atoms with Crippen LogP contribution >= 0.6 is 15.9 Å². The van der Waals surface area contributed by atoms with E-state index in [1.165, 1.54) is 44.2 Å². The largest absolute Gasteiger partial charge is 0.349 e. The Balaban J connectivity index is 1.52. The van der Waals surface area contributed by atoms with Crippen molar-refractivity contribution < 1.29 is 9.18 Å². The van der Waals surface area contributed by atoms with Crippen LogP contribution in [0.4, 0.5) is 4.39 Å². The van der Waals surface area contributed by atoms with E-state index in [9.17, 15) is 9.18 Å². The Kier molecular flexibility index (Phi) is 3.32. The van der Waals surface area contributed by atoms with Crippen molar-refractivity contribution in [1.29, 1.82) is 0 Å². The summed E-state index contributed by atoms with van der Waals surface area (Å²) in [5.41, 5.74) is 0.533. The third-order valence-electron chi connectivity index (χ3n) is 5.70. The molecule has 1 amide bonds. The van der Waals surface area contributed by atoms with E-state index in [0.717, 1.165) is 11.8 Å². The van der Waals surface area contributed by atoms with E-state index in [4.69, 9.17) is 0 Å². The fourth-order valence-electron chi connectivity index (χ4n) is 5.06. The molecule has 5 rings (SSSR count). The van der Waals surface area contributed by atoms with Gasteiger partial charge in [0.2, 0.25) is 0 Å². The average Bonchev–Trinajstić information content (AvgIpc) is 2.41. The van der Waals surface area contributed by atoms with Crippen molar-refractivity contribution in [2.24, 2.45) is 23.7 Å². The van der Waals surface area contributed by atoms with E-state index >= 15 is 0 Å². The third kappa shape index (κ3) is 2.41. The quantitative estimate of drug-likeness (QED) is 0.852. The Bertz CT molecular complexity index is 560. The van der Waals surface area contributed by atoms with Crippen molar-refractivity contribution in [3.63, 3.8) is 0 Å². The number of rotatable bonds is 2. The molecule has 4 aliphatic carbocycles. The maximum atomic E-state index is 13.1. The smallest absolute Gasteiger partial charge is 0.252 e. The standard InChI is InChI=1S/C17H19BrFNO/c18-15-8-13(19)1-2-14(15)17(21)20-16-11-4-9-3-10(6-11)7-12(16)5-9/h1-2,8-12,16H,3-7H2,(H,20,21). The first-order chi connectivity index (χ1) is 10.1. The van der Waals surface area contributed by atoms with E-state index in [1.54, 1.807) is 6.07 Å². The molecule has 1 aromatic rings. The summed E-state index contributed by atoms with van der Waals surface area (Å²) in [6.45, 7) is 0. The lowest BCUT2D eigenvalue weighted by molar-refractivity contribution is -0.0119. The molecule has 4 heteroatoms. The van der Waals surface area contributed by atoms with Gasteiger partial charge < -0.3 is 5.32 Å². The Morgan fingerprint density at radius 1 is 1.10 bits per heavy atom. The predicted molar refractivity (Wildman–Crippen MR) is 82.4 cm³/mol. The van der Waals surface area contributed by atoms with Crippen LogP contribution in [0.2, 0.25) is 0 Å². The molecule has 0 unspecified atom stereocenters. The minimum absolute atomic E-state index is 0.0700. The van der Waals surface area contributed by atoms with Gasteiger partial charge in [-0.25, -0.2) is 4.39 Å². The van der Waals surface area contributed by atoms with Gasteiger partial charge in [0.1, 0.15) is 5.82 Å². The van der Waals surface area contributed by atoms with Gasteiger partial charge in [0.05, 0.1) is 5.56 Å². The number of hydrogen-bond acceptors (Lipinski definition) is 1. The van der Waals surface area contributed by atoms with E-state index in [2.05, 4.69) is 21.2 Å². The zero-order valence-corrected chi connectivity index (χ0v) is 13.4. The summed E-state index contributed by atoms with van der Waals surface area (Å²) in [4.78, 5) is 12.5. The molecule has 4 aliphatic rings. The van der Waals surface area contributed by atoms with Crippen molar-refractivity contribution in [3.8, 4) is 0 Å². The summed E-state index contributed by atoms with van der Waals surface area (Å²) < 4.78 is 13.7. The number of benzene rings is 1. The summed E-state index contributed by atoms with van der Waals surface area (Å²) in [7, 11) is 0. The first-order valence-electron chi connectivity index (χ1n) is 7.86. The number of carbonyl (C=O) groups excluding carboxylic acids is 1. The predicted octanol–water partition coefficient (Wildman–Crippen LogP) is 4.14. The highest BCUT2D eigenvalue weighted by Gasteiger charge is 2.48. The fraction of sp³-hybridized carbons (Fsp3) is 0.588. The molecule has 4 saturated carbocycles. The van der Waals surface area contributed by atoms with Gasteiger partial charge in [-0.1, -0.05) is 0 Å². The summed E-state index contributed by atoms with van der Waals surface area (Å²) in [6.07, 6.45) is 6.54. The molecule has 112 valence electrons. The highest BCUT2D eigenvalue weighted by atomic mass is 79.9. The zero-order valence-electron chi connectivity index (χ0n) is 11.8. The number of carbonyl (C=O) groups is 1. The van der Waals surface area contributed by atoms with Crippen LogP contribution in [0.3, 0.4) is 0 Å². The number of amides is 1. The van der Waals surface area contributed by atoms with Crippen LogP contribution in [-0.2, 0) is 0 Å². The molecule has 0 aromatic heterocycles. The van der Waals surface area contributed by atoms with Crippen LogP contribution in [0.15, 0.2) is 22.7 Å². The summed E-state index contributed by atoms with van der Waals surface area (Å²) in [6, 6.07) is 4.58. The number of nitrogens with one attached hydrogen (secondary N) is 1. The first kappa shape index (κ1) is 13.7. The number of halogens is 2.